The van der Waals surface area contributed by atoms with Crippen LogP contribution in [0.2, 0.25) is 0 Å². The van der Waals surface area contributed by atoms with E-state index in [-0.39, 0.29) is 11.3 Å². The molecule has 0 unspecified atom stereocenters. The Bertz CT molecular complexity index is 462. The van der Waals surface area contributed by atoms with E-state index in [4.69, 9.17) is 4.74 Å². The molecule has 0 aromatic carbocycles. The molecule has 0 bridgehead atoms. The van der Waals surface area contributed by atoms with Crippen molar-refractivity contribution in [1.29, 1.82) is 0 Å². The number of hydrogen-bond acceptors (Lipinski definition) is 4. The average Bonchev–Trinajstić information content (AvgIpc) is 2.98. The molecular formula is C15H22N2O2S. The minimum Gasteiger partial charge on any atom is -0.379 e. The van der Waals surface area contributed by atoms with Crippen molar-refractivity contribution in [2.75, 3.05) is 46.4 Å². The fourth-order valence-electron chi connectivity index (χ4n) is 3.29. The average molecular weight is 294 g/mol. The van der Waals surface area contributed by atoms with Crippen molar-refractivity contribution in [2.45, 2.75) is 12.8 Å². The van der Waals surface area contributed by atoms with Gasteiger partial charge >= 0.3 is 0 Å². The first kappa shape index (κ1) is 14.0. The first-order valence-corrected chi connectivity index (χ1v) is 8.11. The maximum Gasteiger partial charge on any atom is 0.227 e. The number of likely N-dealkylation sites (tertiary alicyclic amines) is 1. The number of carbonyl (C=O) groups is 1. The molecule has 0 N–H and O–H groups in total. The highest BCUT2D eigenvalue weighted by Crippen LogP contribution is 2.32. The molecule has 4 nitrogen and oxygen atoms in total. The minimum atomic E-state index is 0.149. The zero-order valence-corrected chi connectivity index (χ0v) is 12.8. The van der Waals surface area contributed by atoms with Crippen LogP contribution >= 0.6 is 11.3 Å². The summed E-state index contributed by atoms with van der Waals surface area (Å²) in [5, 5.41) is 2.03. The number of hydrogen-bond donors (Lipinski definition) is 0. The Balaban J connectivity index is 1.67. The number of thiophene rings is 1. The highest BCUT2D eigenvalue weighted by Gasteiger charge is 2.40. The van der Waals surface area contributed by atoms with Crippen molar-refractivity contribution in [3.8, 4) is 0 Å². The first-order valence-electron chi connectivity index (χ1n) is 7.23. The predicted molar refractivity (Wildman–Crippen MR) is 80.0 cm³/mol. The lowest BCUT2D eigenvalue weighted by Gasteiger charge is -2.31. The molecule has 3 heterocycles. The van der Waals surface area contributed by atoms with E-state index in [0.29, 0.717) is 13.0 Å². The Morgan fingerprint density at radius 3 is 3.05 bits per heavy atom. The van der Waals surface area contributed by atoms with Crippen LogP contribution in [0.5, 0.6) is 0 Å². The van der Waals surface area contributed by atoms with Crippen molar-refractivity contribution in [2.24, 2.45) is 5.41 Å². The summed E-state index contributed by atoms with van der Waals surface area (Å²) in [5.41, 5.74) is 0.149. The number of carbonyl (C=O) groups excluding carboxylic acids is 1. The molecule has 1 atom stereocenters. The van der Waals surface area contributed by atoms with Crippen LogP contribution in [0, 0.1) is 5.41 Å². The third kappa shape index (κ3) is 3.05. The van der Waals surface area contributed by atoms with Crippen LogP contribution in [-0.4, -0.2) is 62.1 Å². The summed E-state index contributed by atoms with van der Waals surface area (Å²) in [5.74, 6) is 0.242. The smallest absolute Gasteiger partial charge is 0.227 e. The van der Waals surface area contributed by atoms with Crippen LogP contribution in [0.3, 0.4) is 0 Å². The normalized spacial score (nSPS) is 27.9. The molecule has 3 rings (SSSR count). The van der Waals surface area contributed by atoms with Crippen LogP contribution < -0.4 is 0 Å². The second-order valence-corrected chi connectivity index (χ2v) is 7.14. The van der Waals surface area contributed by atoms with E-state index in [1.165, 1.54) is 0 Å². The van der Waals surface area contributed by atoms with Gasteiger partial charge in [0.05, 0.1) is 19.6 Å². The van der Waals surface area contributed by atoms with Gasteiger partial charge in [0.25, 0.3) is 0 Å². The van der Waals surface area contributed by atoms with Gasteiger partial charge in [0.1, 0.15) is 0 Å². The Morgan fingerprint density at radius 1 is 1.45 bits per heavy atom. The van der Waals surface area contributed by atoms with Gasteiger partial charge in [0, 0.05) is 29.9 Å². The van der Waals surface area contributed by atoms with Gasteiger partial charge in [-0.15, -0.1) is 11.3 Å². The van der Waals surface area contributed by atoms with Gasteiger partial charge in [-0.1, -0.05) is 6.07 Å². The zero-order chi connectivity index (χ0) is 14.0. The number of rotatable bonds is 2. The van der Waals surface area contributed by atoms with E-state index in [0.717, 1.165) is 44.1 Å². The molecule has 1 aromatic heterocycles. The first-order chi connectivity index (χ1) is 9.67. The lowest BCUT2D eigenvalue weighted by atomic mass is 9.87. The lowest BCUT2D eigenvalue weighted by Crippen LogP contribution is -2.43. The molecule has 2 fully saturated rings. The molecular weight excluding hydrogens is 272 g/mol. The Kier molecular flexibility index (Phi) is 4.10. The Morgan fingerprint density at radius 2 is 2.35 bits per heavy atom. The molecule has 0 aliphatic carbocycles. The van der Waals surface area contributed by atoms with Crippen LogP contribution in [-0.2, 0) is 16.0 Å². The van der Waals surface area contributed by atoms with Crippen molar-refractivity contribution in [1.82, 2.24) is 9.80 Å². The molecule has 20 heavy (non-hydrogen) atoms. The fraction of sp³-hybridized carbons (Fsp3) is 0.667. The van der Waals surface area contributed by atoms with Crippen LogP contribution in [0.1, 0.15) is 11.3 Å². The quantitative estimate of drug-likeness (QED) is 0.828. The zero-order valence-electron chi connectivity index (χ0n) is 12.0. The van der Waals surface area contributed by atoms with Crippen molar-refractivity contribution in [3.63, 3.8) is 0 Å². The lowest BCUT2D eigenvalue weighted by molar-refractivity contribution is -0.131. The van der Waals surface area contributed by atoms with E-state index in [1.807, 2.05) is 22.4 Å². The van der Waals surface area contributed by atoms with E-state index < -0.39 is 0 Å². The second kappa shape index (κ2) is 5.84. The van der Waals surface area contributed by atoms with Crippen LogP contribution in [0.25, 0.3) is 0 Å². The Hall–Kier alpha value is -0.910. The second-order valence-electron chi connectivity index (χ2n) is 6.11. The van der Waals surface area contributed by atoms with Gasteiger partial charge in [-0.25, -0.2) is 0 Å². The van der Waals surface area contributed by atoms with E-state index in [1.54, 1.807) is 11.3 Å². The largest absolute Gasteiger partial charge is 0.379 e. The highest BCUT2D eigenvalue weighted by molar-refractivity contribution is 7.10. The molecule has 5 heteroatoms. The summed E-state index contributed by atoms with van der Waals surface area (Å²) in [6.07, 6.45) is 1.66. The molecule has 1 amide bonds. The van der Waals surface area contributed by atoms with E-state index in [2.05, 4.69) is 11.9 Å². The molecule has 110 valence electrons. The van der Waals surface area contributed by atoms with Gasteiger partial charge in [-0.05, 0) is 31.5 Å². The molecule has 0 saturated carbocycles. The SMILES string of the molecule is CN1CC[C@]2(COCCN(C(=O)Cc3cccs3)C2)C1. The maximum absolute atomic E-state index is 12.5. The molecule has 2 aliphatic rings. The summed E-state index contributed by atoms with van der Waals surface area (Å²) >= 11 is 1.66. The van der Waals surface area contributed by atoms with E-state index >= 15 is 0 Å². The van der Waals surface area contributed by atoms with Crippen LogP contribution in [0.4, 0.5) is 0 Å². The predicted octanol–water partition coefficient (Wildman–Crippen LogP) is 1.47. The summed E-state index contributed by atoms with van der Waals surface area (Å²) in [4.78, 5) is 18.0. The van der Waals surface area contributed by atoms with E-state index in [9.17, 15) is 4.79 Å². The molecule has 1 aromatic rings. The van der Waals surface area contributed by atoms with Gasteiger partial charge in [0.2, 0.25) is 5.91 Å². The van der Waals surface area contributed by atoms with Gasteiger partial charge in [-0.2, -0.15) is 0 Å². The molecule has 2 saturated heterocycles. The topological polar surface area (TPSA) is 32.8 Å². The molecule has 2 aliphatic heterocycles. The van der Waals surface area contributed by atoms with Gasteiger partial charge in [-0.3, -0.25) is 4.79 Å². The van der Waals surface area contributed by atoms with Gasteiger partial charge < -0.3 is 14.5 Å². The fourth-order valence-corrected chi connectivity index (χ4v) is 3.98. The summed E-state index contributed by atoms with van der Waals surface area (Å²) < 4.78 is 5.78. The monoisotopic (exact) mass is 294 g/mol. The number of ether oxygens (including phenoxy) is 1. The van der Waals surface area contributed by atoms with Crippen LogP contribution in [0.15, 0.2) is 17.5 Å². The maximum atomic E-state index is 12.5. The summed E-state index contributed by atoms with van der Waals surface area (Å²) in [6.45, 7) is 5.19. The summed E-state index contributed by atoms with van der Waals surface area (Å²) in [6, 6.07) is 4.04. The van der Waals surface area contributed by atoms with Crippen molar-refractivity contribution in [3.05, 3.63) is 22.4 Å². The third-order valence-electron chi connectivity index (χ3n) is 4.33. The third-order valence-corrected chi connectivity index (χ3v) is 5.20. The molecule has 1 spiro atoms. The number of amides is 1. The number of nitrogens with zero attached hydrogens (tertiary/aromatic N) is 2. The van der Waals surface area contributed by atoms with Gasteiger partial charge in [0.15, 0.2) is 0 Å². The molecule has 0 radical (unpaired) electrons. The highest BCUT2D eigenvalue weighted by atomic mass is 32.1. The Labute approximate surface area is 124 Å². The van der Waals surface area contributed by atoms with Crippen molar-refractivity contribution >= 4 is 17.2 Å². The van der Waals surface area contributed by atoms with Crippen molar-refractivity contribution < 1.29 is 9.53 Å². The minimum absolute atomic E-state index is 0.149. The summed E-state index contributed by atoms with van der Waals surface area (Å²) in [7, 11) is 2.15. The standard InChI is InChI=1S/C15H22N2O2S/c1-16-5-4-15(10-16)11-17(6-7-19-12-15)14(18)9-13-3-2-8-20-13/h2-3,8H,4-7,9-12H2,1H3/t15-/m0/s1.